The third-order valence-corrected chi connectivity index (χ3v) is 3.30. The van der Waals surface area contributed by atoms with E-state index < -0.39 is 17.9 Å². The molecule has 6 nitrogen and oxygen atoms in total. The van der Waals surface area contributed by atoms with Gasteiger partial charge in [0, 0.05) is 0 Å². The van der Waals surface area contributed by atoms with E-state index >= 15 is 0 Å². The maximum atomic E-state index is 11.8. The zero-order valence-corrected chi connectivity index (χ0v) is 13.3. The number of amides is 1. The van der Waals surface area contributed by atoms with Crippen molar-refractivity contribution in [1.29, 1.82) is 0 Å². The van der Waals surface area contributed by atoms with Gasteiger partial charge in [-0.25, -0.2) is 0 Å². The first-order chi connectivity index (χ1) is 10.9. The Labute approximate surface area is 134 Å². The lowest BCUT2D eigenvalue weighted by atomic mass is 10.1. The maximum Gasteiger partial charge on any atom is 0.325 e. The Morgan fingerprint density at radius 2 is 2.00 bits per heavy atom. The minimum absolute atomic E-state index is 0.0531. The highest BCUT2D eigenvalue weighted by Crippen LogP contribution is 2.20. The third-order valence-electron chi connectivity index (χ3n) is 3.30. The zero-order valence-electron chi connectivity index (χ0n) is 13.3. The molecular formula is C17H19NO5. The molecule has 0 aliphatic carbocycles. The van der Waals surface area contributed by atoms with Crippen molar-refractivity contribution in [3.63, 3.8) is 0 Å². The number of furan rings is 1. The molecule has 0 saturated heterocycles. The predicted molar refractivity (Wildman–Crippen MR) is 83.5 cm³/mol. The van der Waals surface area contributed by atoms with E-state index in [1.165, 1.54) is 13.0 Å². The molecule has 0 bridgehead atoms. The van der Waals surface area contributed by atoms with Gasteiger partial charge in [0.15, 0.2) is 5.76 Å². The van der Waals surface area contributed by atoms with E-state index in [1.807, 2.05) is 32.0 Å². The van der Waals surface area contributed by atoms with Crippen LogP contribution in [0.4, 0.5) is 0 Å². The molecule has 122 valence electrons. The van der Waals surface area contributed by atoms with E-state index in [2.05, 4.69) is 5.32 Å². The van der Waals surface area contributed by atoms with Crippen molar-refractivity contribution in [2.75, 3.05) is 0 Å². The van der Waals surface area contributed by atoms with E-state index in [9.17, 15) is 9.59 Å². The van der Waals surface area contributed by atoms with Crippen molar-refractivity contribution < 1.29 is 23.8 Å². The Balaban J connectivity index is 1.97. The average Bonchev–Trinajstić information content (AvgIpc) is 2.95. The van der Waals surface area contributed by atoms with E-state index in [-0.39, 0.29) is 12.4 Å². The number of benzene rings is 1. The number of ether oxygens (including phenoxy) is 1. The summed E-state index contributed by atoms with van der Waals surface area (Å²) in [5.74, 6) is -0.395. The highest BCUT2D eigenvalue weighted by Gasteiger charge is 2.18. The Morgan fingerprint density at radius 1 is 1.26 bits per heavy atom. The second kappa shape index (κ2) is 7.00. The van der Waals surface area contributed by atoms with Gasteiger partial charge in [0.1, 0.15) is 24.2 Å². The van der Waals surface area contributed by atoms with Gasteiger partial charge in [-0.05, 0) is 44.5 Å². The van der Waals surface area contributed by atoms with E-state index in [1.54, 1.807) is 6.07 Å². The summed E-state index contributed by atoms with van der Waals surface area (Å²) in [7, 11) is 0. The van der Waals surface area contributed by atoms with Crippen LogP contribution in [0, 0.1) is 13.8 Å². The molecule has 23 heavy (non-hydrogen) atoms. The van der Waals surface area contributed by atoms with Crippen LogP contribution in [0.1, 0.15) is 34.4 Å². The number of aliphatic carboxylic acids is 1. The SMILES string of the molecule is Cc1ccc(OCc2ccc(C(=O)N[C@H](C)C(=O)O)o2)c(C)c1. The van der Waals surface area contributed by atoms with Gasteiger partial charge in [0.25, 0.3) is 5.91 Å². The minimum Gasteiger partial charge on any atom is -0.485 e. The number of rotatable bonds is 6. The Morgan fingerprint density at radius 3 is 2.65 bits per heavy atom. The van der Waals surface area contributed by atoms with Crippen LogP contribution >= 0.6 is 0 Å². The van der Waals surface area contributed by atoms with Crippen LogP contribution in [-0.4, -0.2) is 23.0 Å². The largest absolute Gasteiger partial charge is 0.485 e. The second-order valence-electron chi connectivity index (χ2n) is 5.36. The molecule has 0 aliphatic rings. The van der Waals surface area contributed by atoms with Crippen molar-refractivity contribution in [2.45, 2.75) is 33.4 Å². The lowest BCUT2D eigenvalue weighted by Gasteiger charge is -2.08. The van der Waals surface area contributed by atoms with E-state index in [0.29, 0.717) is 5.76 Å². The molecule has 0 aliphatic heterocycles. The van der Waals surface area contributed by atoms with Gasteiger partial charge in [-0.1, -0.05) is 17.7 Å². The molecule has 1 heterocycles. The summed E-state index contributed by atoms with van der Waals surface area (Å²) >= 11 is 0. The monoisotopic (exact) mass is 317 g/mol. The molecule has 1 aromatic carbocycles. The Kier molecular flexibility index (Phi) is 5.05. The molecule has 1 amide bonds. The first kappa shape index (κ1) is 16.6. The Hall–Kier alpha value is -2.76. The summed E-state index contributed by atoms with van der Waals surface area (Å²) in [5, 5.41) is 11.1. The molecule has 0 saturated carbocycles. The molecule has 2 N–H and O–H groups in total. The van der Waals surface area contributed by atoms with Crippen LogP contribution in [0.2, 0.25) is 0 Å². The van der Waals surface area contributed by atoms with Crippen molar-refractivity contribution in [3.8, 4) is 5.75 Å². The van der Waals surface area contributed by atoms with Crippen molar-refractivity contribution in [1.82, 2.24) is 5.32 Å². The molecule has 1 aromatic heterocycles. The highest BCUT2D eigenvalue weighted by atomic mass is 16.5. The van der Waals surface area contributed by atoms with Crippen LogP contribution in [0.3, 0.4) is 0 Å². The maximum absolute atomic E-state index is 11.8. The van der Waals surface area contributed by atoms with Crippen LogP contribution in [0.5, 0.6) is 5.75 Å². The summed E-state index contributed by atoms with van der Waals surface area (Å²) in [5.41, 5.74) is 2.17. The molecule has 6 heteroatoms. The lowest BCUT2D eigenvalue weighted by molar-refractivity contribution is -0.138. The first-order valence-electron chi connectivity index (χ1n) is 7.19. The first-order valence-corrected chi connectivity index (χ1v) is 7.19. The lowest BCUT2D eigenvalue weighted by Crippen LogP contribution is -2.38. The molecule has 1 atom stereocenters. The fraction of sp³-hybridized carbons (Fsp3) is 0.294. The van der Waals surface area contributed by atoms with Crippen molar-refractivity contribution in [2.24, 2.45) is 0 Å². The molecule has 0 radical (unpaired) electrons. The van der Waals surface area contributed by atoms with Gasteiger partial charge in [-0.15, -0.1) is 0 Å². The zero-order chi connectivity index (χ0) is 17.0. The molecule has 0 spiro atoms. The average molecular weight is 317 g/mol. The number of nitrogens with one attached hydrogen (secondary N) is 1. The normalized spacial score (nSPS) is 11.8. The summed E-state index contributed by atoms with van der Waals surface area (Å²) in [6.45, 7) is 5.53. The van der Waals surface area contributed by atoms with Crippen LogP contribution in [0.15, 0.2) is 34.7 Å². The number of carboxylic acids is 1. The number of carbonyl (C=O) groups excluding carboxylic acids is 1. The quantitative estimate of drug-likeness (QED) is 0.855. The molecule has 0 unspecified atom stereocenters. The molecule has 2 rings (SSSR count). The van der Waals surface area contributed by atoms with Gasteiger partial charge in [0.05, 0.1) is 0 Å². The molecule has 0 fully saturated rings. The van der Waals surface area contributed by atoms with Crippen molar-refractivity contribution >= 4 is 11.9 Å². The van der Waals surface area contributed by atoms with E-state index in [4.69, 9.17) is 14.3 Å². The van der Waals surface area contributed by atoms with Crippen molar-refractivity contribution in [3.05, 3.63) is 53.0 Å². The fourth-order valence-corrected chi connectivity index (χ4v) is 2.02. The minimum atomic E-state index is -1.11. The highest BCUT2D eigenvalue weighted by molar-refractivity contribution is 5.94. The smallest absolute Gasteiger partial charge is 0.325 e. The fourth-order valence-electron chi connectivity index (χ4n) is 2.02. The van der Waals surface area contributed by atoms with Gasteiger partial charge in [0.2, 0.25) is 0 Å². The van der Waals surface area contributed by atoms with Crippen LogP contribution in [-0.2, 0) is 11.4 Å². The second-order valence-corrected chi connectivity index (χ2v) is 5.36. The summed E-state index contributed by atoms with van der Waals surface area (Å²) in [6.07, 6.45) is 0. The topological polar surface area (TPSA) is 88.8 Å². The number of carboxylic acid groups (broad SMARTS) is 1. The third kappa shape index (κ3) is 4.35. The number of aryl methyl sites for hydroxylation is 2. The number of hydrogen-bond donors (Lipinski definition) is 2. The predicted octanol–water partition coefficient (Wildman–Crippen LogP) is 2.68. The van der Waals surface area contributed by atoms with Crippen LogP contribution < -0.4 is 10.1 Å². The number of carbonyl (C=O) groups is 2. The number of hydrogen-bond acceptors (Lipinski definition) is 4. The van der Waals surface area contributed by atoms with E-state index in [0.717, 1.165) is 16.9 Å². The summed E-state index contributed by atoms with van der Waals surface area (Å²) in [4.78, 5) is 22.6. The van der Waals surface area contributed by atoms with Gasteiger partial charge in [-0.2, -0.15) is 0 Å². The molecular weight excluding hydrogens is 298 g/mol. The van der Waals surface area contributed by atoms with Gasteiger partial charge in [-0.3, -0.25) is 9.59 Å². The van der Waals surface area contributed by atoms with Gasteiger partial charge < -0.3 is 19.6 Å². The molecule has 2 aromatic rings. The van der Waals surface area contributed by atoms with Gasteiger partial charge >= 0.3 is 5.97 Å². The Bertz CT molecular complexity index is 720. The standard InChI is InChI=1S/C17H19NO5/c1-10-4-6-14(11(2)8-10)22-9-13-5-7-15(23-13)16(19)18-12(3)17(20)21/h4-8,12H,9H2,1-3H3,(H,18,19)(H,20,21)/t12-/m1/s1. The summed E-state index contributed by atoms with van der Waals surface area (Å²) < 4.78 is 11.1. The van der Waals surface area contributed by atoms with Crippen LogP contribution in [0.25, 0.3) is 0 Å². The summed E-state index contributed by atoms with van der Waals surface area (Å²) in [6, 6.07) is 7.99.